The predicted molar refractivity (Wildman–Crippen MR) is 75.8 cm³/mol. The zero-order chi connectivity index (χ0) is 13.7. The third-order valence-corrected chi connectivity index (χ3v) is 3.17. The summed E-state index contributed by atoms with van der Waals surface area (Å²) in [4.78, 5) is 13.7. The van der Waals surface area contributed by atoms with Crippen LogP contribution >= 0.6 is 23.2 Å². The van der Waals surface area contributed by atoms with E-state index in [1.54, 1.807) is 17.0 Å². The Balaban J connectivity index is 2.86. The van der Waals surface area contributed by atoms with Crippen molar-refractivity contribution in [2.45, 2.75) is 20.4 Å². The largest absolute Gasteiger partial charge is 0.337 e. The average Bonchev–Trinajstić information content (AvgIpc) is 2.30. The third-order valence-electron chi connectivity index (χ3n) is 2.58. The highest BCUT2D eigenvalue weighted by atomic mass is 35.5. The Morgan fingerprint density at radius 1 is 1.39 bits per heavy atom. The second-order valence-corrected chi connectivity index (χ2v) is 5.28. The van der Waals surface area contributed by atoms with Crippen LogP contribution in [0, 0.1) is 5.92 Å². The highest BCUT2D eigenvalue weighted by Crippen LogP contribution is 2.22. The molecule has 1 aromatic carbocycles. The SMILES string of the molecule is CC(C)C(=O)N(CCN)Cc1ccc(Cl)cc1Cl. The van der Waals surface area contributed by atoms with Crippen LogP contribution in [-0.4, -0.2) is 23.9 Å². The number of hydrogen-bond donors (Lipinski definition) is 1. The highest BCUT2D eigenvalue weighted by molar-refractivity contribution is 6.35. The summed E-state index contributed by atoms with van der Waals surface area (Å²) in [5.41, 5.74) is 6.41. The van der Waals surface area contributed by atoms with Crippen molar-refractivity contribution in [3.05, 3.63) is 33.8 Å². The zero-order valence-electron chi connectivity index (χ0n) is 10.6. The molecule has 0 bridgehead atoms. The van der Waals surface area contributed by atoms with Gasteiger partial charge in [0.2, 0.25) is 5.91 Å². The van der Waals surface area contributed by atoms with Crippen molar-refractivity contribution in [2.75, 3.05) is 13.1 Å². The van der Waals surface area contributed by atoms with E-state index in [4.69, 9.17) is 28.9 Å². The number of nitrogens with zero attached hydrogens (tertiary/aromatic N) is 1. The molecular weight excluding hydrogens is 271 g/mol. The smallest absolute Gasteiger partial charge is 0.225 e. The fourth-order valence-corrected chi connectivity index (χ4v) is 2.11. The van der Waals surface area contributed by atoms with Crippen molar-refractivity contribution >= 4 is 29.1 Å². The van der Waals surface area contributed by atoms with E-state index < -0.39 is 0 Å². The van der Waals surface area contributed by atoms with Gasteiger partial charge < -0.3 is 10.6 Å². The van der Waals surface area contributed by atoms with Crippen molar-refractivity contribution in [1.82, 2.24) is 4.90 Å². The average molecular weight is 289 g/mol. The third kappa shape index (κ3) is 4.16. The molecule has 0 saturated carbocycles. The molecule has 0 aromatic heterocycles. The highest BCUT2D eigenvalue weighted by Gasteiger charge is 2.17. The molecule has 3 nitrogen and oxygen atoms in total. The van der Waals surface area contributed by atoms with Crippen LogP contribution in [0.25, 0.3) is 0 Å². The summed E-state index contributed by atoms with van der Waals surface area (Å²) in [7, 11) is 0. The fraction of sp³-hybridized carbons (Fsp3) is 0.462. The van der Waals surface area contributed by atoms with Gasteiger partial charge in [0.25, 0.3) is 0 Å². The van der Waals surface area contributed by atoms with Crippen LogP contribution in [0.15, 0.2) is 18.2 Å². The molecule has 0 radical (unpaired) electrons. The summed E-state index contributed by atoms with van der Waals surface area (Å²) >= 11 is 11.9. The molecule has 0 unspecified atom stereocenters. The maximum atomic E-state index is 12.0. The monoisotopic (exact) mass is 288 g/mol. The summed E-state index contributed by atoms with van der Waals surface area (Å²) in [6.45, 7) is 5.16. The lowest BCUT2D eigenvalue weighted by Gasteiger charge is -2.24. The molecule has 0 aliphatic heterocycles. The Hall–Kier alpha value is -0.770. The summed E-state index contributed by atoms with van der Waals surface area (Å²) in [5, 5.41) is 1.16. The summed E-state index contributed by atoms with van der Waals surface area (Å²) in [6, 6.07) is 5.28. The van der Waals surface area contributed by atoms with Crippen LogP contribution in [0.2, 0.25) is 10.0 Å². The Morgan fingerprint density at radius 3 is 2.56 bits per heavy atom. The molecule has 1 rings (SSSR count). The molecule has 0 aliphatic carbocycles. The standard InChI is InChI=1S/C13H18Cl2N2O/c1-9(2)13(18)17(6-5-16)8-10-3-4-11(14)7-12(10)15/h3-4,7,9H,5-6,8,16H2,1-2H3. The van der Waals surface area contributed by atoms with Gasteiger partial charge in [-0.1, -0.05) is 43.1 Å². The molecular formula is C13H18Cl2N2O. The first-order valence-electron chi connectivity index (χ1n) is 5.88. The van der Waals surface area contributed by atoms with Crippen molar-refractivity contribution in [2.24, 2.45) is 11.7 Å². The molecule has 0 saturated heterocycles. The van der Waals surface area contributed by atoms with Crippen molar-refractivity contribution in [3.8, 4) is 0 Å². The number of hydrogen-bond acceptors (Lipinski definition) is 2. The lowest BCUT2D eigenvalue weighted by atomic mass is 10.1. The van der Waals surface area contributed by atoms with Gasteiger partial charge >= 0.3 is 0 Å². The first-order valence-corrected chi connectivity index (χ1v) is 6.64. The van der Waals surface area contributed by atoms with Gasteiger partial charge in [-0.2, -0.15) is 0 Å². The minimum Gasteiger partial charge on any atom is -0.337 e. The van der Waals surface area contributed by atoms with Gasteiger partial charge in [0.15, 0.2) is 0 Å². The van der Waals surface area contributed by atoms with E-state index in [0.29, 0.717) is 29.7 Å². The van der Waals surface area contributed by atoms with Gasteiger partial charge in [-0.3, -0.25) is 4.79 Å². The van der Waals surface area contributed by atoms with Gasteiger partial charge in [-0.15, -0.1) is 0 Å². The van der Waals surface area contributed by atoms with Crippen LogP contribution in [0.1, 0.15) is 19.4 Å². The van der Waals surface area contributed by atoms with Gasteiger partial charge in [-0.25, -0.2) is 0 Å². The Labute approximate surface area is 118 Å². The number of carbonyl (C=O) groups excluding carboxylic acids is 1. The summed E-state index contributed by atoms with van der Waals surface area (Å²) in [6.07, 6.45) is 0. The first-order chi connectivity index (χ1) is 8.45. The van der Waals surface area contributed by atoms with E-state index >= 15 is 0 Å². The van der Waals surface area contributed by atoms with Crippen molar-refractivity contribution in [3.63, 3.8) is 0 Å². The van der Waals surface area contributed by atoms with E-state index in [2.05, 4.69) is 0 Å². The number of benzene rings is 1. The van der Waals surface area contributed by atoms with E-state index in [0.717, 1.165) is 5.56 Å². The van der Waals surface area contributed by atoms with Crippen LogP contribution in [0.3, 0.4) is 0 Å². The number of amides is 1. The number of nitrogens with two attached hydrogens (primary N) is 1. The number of rotatable bonds is 5. The van der Waals surface area contributed by atoms with Crippen molar-refractivity contribution < 1.29 is 4.79 Å². The molecule has 1 aromatic rings. The molecule has 0 spiro atoms. The van der Waals surface area contributed by atoms with Crippen molar-refractivity contribution in [1.29, 1.82) is 0 Å². The van der Waals surface area contributed by atoms with E-state index in [9.17, 15) is 4.79 Å². The molecule has 0 fully saturated rings. The zero-order valence-corrected chi connectivity index (χ0v) is 12.1. The van der Waals surface area contributed by atoms with E-state index in [-0.39, 0.29) is 11.8 Å². The van der Waals surface area contributed by atoms with Crippen LogP contribution in [0.5, 0.6) is 0 Å². The molecule has 0 atom stereocenters. The van der Waals surface area contributed by atoms with E-state index in [1.807, 2.05) is 19.9 Å². The normalized spacial score (nSPS) is 10.8. The Kier molecular flexibility index (Phi) is 5.93. The predicted octanol–water partition coefficient (Wildman–Crippen LogP) is 2.94. The molecule has 0 aliphatic rings. The second kappa shape index (κ2) is 6.98. The number of carbonyl (C=O) groups is 1. The summed E-state index contributed by atoms with van der Waals surface area (Å²) in [5.74, 6) is 0.0223. The molecule has 100 valence electrons. The quantitative estimate of drug-likeness (QED) is 0.906. The fourth-order valence-electron chi connectivity index (χ4n) is 1.64. The van der Waals surface area contributed by atoms with Crippen LogP contribution in [0.4, 0.5) is 0 Å². The number of halogens is 2. The lowest BCUT2D eigenvalue weighted by Crippen LogP contribution is -2.37. The van der Waals surface area contributed by atoms with Crippen LogP contribution in [-0.2, 0) is 11.3 Å². The maximum absolute atomic E-state index is 12.0. The lowest BCUT2D eigenvalue weighted by molar-refractivity contribution is -0.134. The minimum absolute atomic E-state index is 0.0531. The van der Waals surface area contributed by atoms with Gasteiger partial charge in [0.05, 0.1) is 0 Å². The van der Waals surface area contributed by atoms with Gasteiger partial charge in [-0.05, 0) is 17.7 Å². The molecule has 18 heavy (non-hydrogen) atoms. The first kappa shape index (κ1) is 15.3. The van der Waals surface area contributed by atoms with Crippen LogP contribution < -0.4 is 5.73 Å². The topological polar surface area (TPSA) is 46.3 Å². The second-order valence-electron chi connectivity index (χ2n) is 4.44. The Morgan fingerprint density at radius 2 is 2.06 bits per heavy atom. The van der Waals surface area contributed by atoms with Gasteiger partial charge in [0.1, 0.15) is 0 Å². The Bertz CT molecular complexity index is 421. The molecule has 0 heterocycles. The molecule has 1 amide bonds. The van der Waals surface area contributed by atoms with Gasteiger partial charge in [0, 0.05) is 35.6 Å². The minimum atomic E-state index is -0.0531. The molecule has 5 heteroatoms. The maximum Gasteiger partial charge on any atom is 0.225 e. The molecule has 2 N–H and O–H groups in total. The summed E-state index contributed by atoms with van der Waals surface area (Å²) < 4.78 is 0. The van der Waals surface area contributed by atoms with E-state index in [1.165, 1.54) is 0 Å².